The van der Waals surface area contributed by atoms with Gasteiger partial charge < -0.3 is 15.8 Å². The Morgan fingerprint density at radius 1 is 1.61 bits per heavy atom. The molecule has 1 unspecified atom stereocenters. The Morgan fingerprint density at radius 3 is 2.83 bits per heavy atom. The Hall–Kier alpha value is -1.69. The standard InChI is InChI=1S/C12H15FN2O2S/c1-3-15-12(16)7(2)17-9-6-4-5-8(13)10(9)11(14)18/h4-7H,3H2,1-2H3,(H2,14,18)(H,15,16). The van der Waals surface area contributed by atoms with E-state index >= 15 is 0 Å². The molecule has 0 aliphatic heterocycles. The number of likely N-dealkylation sites (N-methyl/N-ethyl adjacent to an activating group) is 1. The zero-order valence-electron chi connectivity index (χ0n) is 10.2. The van der Waals surface area contributed by atoms with Gasteiger partial charge in [0.1, 0.15) is 16.6 Å². The normalized spacial score (nSPS) is 11.7. The summed E-state index contributed by atoms with van der Waals surface area (Å²) in [5.41, 5.74) is 5.45. The molecule has 0 aromatic heterocycles. The number of nitrogens with one attached hydrogen (secondary N) is 1. The first-order valence-corrected chi connectivity index (χ1v) is 5.90. The molecule has 18 heavy (non-hydrogen) atoms. The van der Waals surface area contributed by atoms with Crippen LogP contribution in [0.25, 0.3) is 0 Å². The number of hydrogen-bond donors (Lipinski definition) is 2. The van der Waals surface area contributed by atoms with Gasteiger partial charge in [-0.1, -0.05) is 18.3 Å². The molecule has 6 heteroatoms. The molecule has 1 atom stereocenters. The van der Waals surface area contributed by atoms with Crippen LogP contribution < -0.4 is 15.8 Å². The first-order valence-electron chi connectivity index (χ1n) is 5.50. The topological polar surface area (TPSA) is 64.3 Å². The molecule has 0 aliphatic carbocycles. The lowest BCUT2D eigenvalue weighted by molar-refractivity contribution is -0.127. The van der Waals surface area contributed by atoms with Gasteiger partial charge in [0.05, 0.1) is 5.56 Å². The third-order valence-corrected chi connectivity index (χ3v) is 2.45. The average Bonchev–Trinajstić information content (AvgIpc) is 2.28. The largest absolute Gasteiger partial charge is 0.480 e. The van der Waals surface area contributed by atoms with Crippen molar-refractivity contribution < 1.29 is 13.9 Å². The molecule has 0 saturated carbocycles. The molecular weight excluding hydrogens is 255 g/mol. The maximum absolute atomic E-state index is 13.6. The third-order valence-electron chi connectivity index (χ3n) is 2.25. The number of hydrogen-bond acceptors (Lipinski definition) is 3. The fourth-order valence-corrected chi connectivity index (χ4v) is 1.60. The first-order chi connectivity index (χ1) is 8.47. The second kappa shape index (κ2) is 6.30. The zero-order valence-corrected chi connectivity index (χ0v) is 11.0. The minimum absolute atomic E-state index is 0.0173. The number of carbonyl (C=O) groups excluding carboxylic acids is 1. The Balaban J connectivity index is 2.94. The zero-order chi connectivity index (χ0) is 13.7. The van der Waals surface area contributed by atoms with Crippen LogP contribution in [0.4, 0.5) is 4.39 Å². The summed E-state index contributed by atoms with van der Waals surface area (Å²) >= 11 is 4.76. The molecule has 1 rings (SSSR count). The van der Waals surface area contributed by atoms with Crippen molar-refractivity contribution in [2.45, 2.75) is 20.0 Å². The van der Waals surface area contributed by atoms with Crippen molar-refractivity contribution in [3.05, 3.63) is 29.6 Å². The van der Waals surface area contributed by atoms with Gasteiger partial charge >= 0.3 is 0 Å². The van der Waals surface area contributed by atoms with Crippen LogP contribution in [-0.4, -0.2) is 23.5 Å². The van der Waals surface area contributed by atoms with E-state index in [1.807, 2.05) is 0 Å². The van der Waals surface area contributed by atoms with E-state index in [1.165, 1.54) is 18.2 Å². The molecule has 1 amide bonds. The summed E-state index contributed by atoms with van der Waals surface area (Å²) in [6.07, 6.45) is -0.750. The Kier molecular flexibility index (Phi) is 5.03. The number of rotatable bonds is 5. The van der Waals surface area contributed by atoms with Gasteiger partial charge in [-0.3, -0.25) is 4.79 Å². The lowest BCUT2D eigenvalue weighted by Crippen LogP contribution is -2.36. The molecule has 3 N–H and O–H groups in total. The summed E-state index contributed by atoms with van der Waals surface area (Å²) in [4.78, 5) is 11.4. The first kappa shape index (κ1) is 14.4. The predicted octanol–water partition coefficient (Wildman–Crippen LogP) is 1.36. The molecule has 0 aliphatic rings. The molecule has 98 valence electrons. The van der Waals surface area contributed by atoms with Gasteiger partial charge in [0.15, 0.2) is 6.10 Å². The molecule has 0 spiro atoms. The van der Waals surface area contributed by atoms with Crippen LogP contribution in [0.1, 0.15) is 19.4 Å². The van der Waals surface area contributed by atoms with Crippen LogP contribution in [-0.2, 0) is 4.79 Å². The monoisotopic (exact) mass is 270 g/mol. The van der Waals surface area contributed by atoms with Gasteiger partial charge in [0.2, 0.25) is 0 Å². The quantitative estimate of drug-likeness (QED) is 0.793. The van der Waals surface area contributed by atoms with Crippen molar-refractivity contribution in [3.63, 3.8) is 0 Å². The minimum Gasteiger partial charge on any atom is -0.480 e. The van der Waals surface area contributed by atoms with Gasteiger partial charge in [-0.15, -0.1) is 0 Å². The fraction of sp³-hybridized carbons (Fsp3) is 0.333. The van der Waals surface area contributed by atoms with Crippen molar-refractivity contribution in [3.8, 4) is 5.75 Å². The Morgan fingerprint density at radius 2 is 2.28 bits per heavy atom. The van der Waals surface area contributed by atoms with Crippen molar-refractivity contribution in [1.82, 2.24) is 5.32 Å². The second-order valence-corrected chi connectivity index (χ2v) is 4.07. The highest BCUT2D eigenvalue weighted by atomic mass is 32.1. The molecule has 0 radical (unpaired) electrons. The maximum Gasteiger partial charge on any atom is 0.260 e. The number of ether oxygens (including phenoxy) is 1. The number of carbonyl (C=O) groups is 1. The van der Waals surface area contributed by atoms with E-state index in [0.717, 1.165) is 0 Å². The van der Waals surface area contributed by atoms with Crippen molar-refractivity contribution >= 4 is 23.1 Å². The predicted molar refractivity (Wildman–Crippen MR) is 71.1 cm³/mol. The lowest BCUT2D eigenvalue weighted by atomic mass is 10.2. The van der Waals surface area contributed by atoms with E-state index in [2.05, 4.69) is 5.32 Å². The molecule has 0 saturated heterocycles. The van der Waals surface area contributed by atoms with Gasteiger partial charge in [-0.05, 0) is 26.0 Å². The molecule has 1 aromatic carbocycles. The van der Waals surface area contributed by atoms with Gasteiger partial charge in [-0.2, -0.15) is 0 Å². The maximum atomic E-state index is 13.6. The number of thiocarbonyl (C=S) groups is 1. The molecule has 0 fully saturated rings. The highest BCUT2D eigenvalue weighted by Gasteiger charge is 2.18. The number of nitrogens with two attached hydrogens (primary N) is 1. The van der Waals surface area contributed by atoms with Crippen LogP contribution in [0.5, 0.6) is 5.75 Å². The van der Waals surface area contributed by atoms with Crippen molar-refractivity contribution in [1.29, 1.82) is 0 Å². The van der Waals surface area contributed by atoms with E-state index in [-0.39, 0.29) is 22.2 Å². The highest BCUT2D eigenvalue weighted by Crippen LogP contribution is 2.22. The van der Waals surface area contributed by atoms with Gasteiger partial charge in [0.25, 0.3) is 5.91 Å². The molecule has 1 aromatic rings. The number of benzene rings is 1. The summed E-state index contributed by atoms with van der Waals surface area (Å²) in [5.74, 6) is -0.681. The minimum atomic E-state index is -0.750. The molecule has 4 nitrogen and oxygen atoms in total. The summed E-state index contributed by atoms with van der Waals surface area (Å²) in [7, 11) is 0. The SMILES string of the molecule is CCNC(=O)C(C)Oc1cccc(F)c1C(N)=S. The van der Waals surface area contributed by atoms with Crippen LogP contribution in [0.2, 0.25) is 0 Å². The van der Waals surface area contributed by atoms with E-state index in [1.54, 1.807) is 13.8 Å². The molecule has 0 heterocycles. The van der Waals surface area contributed by atoms with Crippen LogP contribution in [0.3, 0.4) is 0 Å². The van der Waals surface area contributed by atoms with E-state index in [0.29, 0.717) is 6.54 Å². The summed E-state index contributed by atoms with van der Waals surface area (Å²) < 4.78 is 18.9. The number of halogens is 1. The lowest BCUT2D eigenvalue weighted by Gasteiger charge is -2.16. The van der Waals surface area contributed by atoms with Gasteiger partial charge in [-0.25, -0.2) is 4.39 Å². The Bertz CT molecular complexity index is 465. The Labute approximate surface area is 110 Å². The molecule has 0 bridgehead atoms. The smallest absolute Gasteiger partial charge is 0.260 e. The van der Waals surface area contributed by atoms with Crippen molar-refractivity contribution in [2.24, 2.45) is 5.73 Å². The fourth-order valence-electron chi connectivity index (χ4n) is 1.40. The third kappa shape index (κ3) is 3.40. The summed E-state index contributed by atoms with van der Waals surface area (Å²) in [6, 6.07) is 4.22. The van der Waals surface area contributed by atoms with Crippen LogP contribution >= 0.6 is 12.2 Å². The van der Waals surface area contributed by atoms with E-state index < -0.39 is 11.9 Å². The molecular formula is C12H15FN2O2S. The summed E-state index contributed by atoms with van der Waals surface area (Å²) in [6.45, 7) is 3.87. The van der Waals surface area contributed by atoms with Crippen LogP contribution in [0, 0.1) is 5.82 Å². The van der Waals surface area contributed by atoms with Crippen LogP contribution in [0.15, 0.2) is 18.2 Å². The average molecular weight is 270 g/mol. The van der Waals surface area contributed by atoms with E-state index in [9.17, 15) is 9.18 Å². The van der Waals surface area contributed by atoms with E-state index in [4.69, 9.17) is 22.7 Å². The second-order valence-electron chi connectivity index (χ2n) is 3.63. The summed E-state index contributed by atoms with van der Waals surface area (Å²) in [5, 5.41) is 2.61. The van der Waals surface area contributed by atoms with Crippen molar-refractivity contribution in [2.75, 3.05) is 6.54 Å². The highest BCUT2D eigenvalue weighted by molar-refractivity contribution is 7.80. The number of amides is 1. The van der Waals surface area contributed by atoms with Gasteiger partial charge in [0, 0.05) is 6.54 Å².